The lowest BCUT2D eigenvalue weighted by molar-refractivity contribution is -0.385. The molecular formula is C39H53N7O10. The minimum Gasteiger partial charge on any atom is -0.345 e. The summed E-state index contributed by atoms with van der Waals surface area (Å²) in [5, 5.41) is 37.2. The predicted molar refractivity (Wildman–Crippen MR) is 212 cm³/mol. The Hall–Kier alpha value is -5.78. The topological polar surface area (TPSA) is 251 Å². The van der Waals surface area contributed by atoms with E-state index >= 15 is 0 Å². The largest absolute Gasteiger partial charge is 0.345 e. The average Bonchev–Trinajstić information content (AvgIpc) is 3.13. The minimum absolute atomic E-state index is 0.00299. The van der Waals surface area contributed by atoms with E-state index in [2.05, 4.69) is 10.6 Å². The summed E-state index contributed by atoms with van der Waals surface area (Å²) < 4.78 is 0. The number of nitrogens with one attached hydrogen (secondary N) is 2. The molecule has 4 atom stereocenters. The fraction of sp³-hybridized carbons (Fsp3) is 0.436. The van der Waals surface area contributed by atoms with E-state index in [1.807, 2.05) is 32.8 Å². The molecule has 17 nitrogen and oxygen atoms in total. The van der Waals surface area contributed by atoms with Gasteiger partial charge >= 0.3 is 0 Å². The fourth-order valence-corrected chi connectivity index (χ4v) is 5.14. The van der Waals surface area contributed by atoms with Crippen LogP contribution in [0, 0.1) is 36.3 Å². The van der Waals surface area contributed by atoms with E-state index in [4.69, 9.17) is 5.73 Å². The number of nitrogens with zero attached hydrogens (tertiary/aromatic N) is 4. The molecule has 3 aromatic rings. The van der Waals surface area contributed by atoms with Gasteiger partial charge in [0.1, 0.15) is 11.6 Å². The Bertz CT molecular complexity index is 1780. The summed E-state index contributed by atoms with van der Waals surface area (Å²) in [6, 6.07) is 16.6. The van der Waals surface area contributed by atoms with Crippen molar-refractivity contribution in [2.45, 2.75) is 84.5 Å². The number of rotatable bonds is 18. The van der Waals surface area contributed by atoms with Crippen LogP contribution in [0.4, 0.5) is 17.1 Å². The number of amides is 1. The molecule has 0 aliphatic heterocycles. The van der Waals surface area contributed by atoms with Crippen LogP contribution in [0.15, 0.2) is 72.8 Å². The van der Waals surface area contributed by atoms with Gasteiger partial charge in [0.2, 0.25) is 5.91 Å². The van der Waals surface area contributed by atoms with E-state index in [1.165, 1.54) is 57.2 Å². The van der Waals surface area contributed by atoms with Gasteiger partial charge in [0.05, 0.1) is 38.9 Å². The molecule has 0 bridgehead atoms. The van der Waals surface area contributed by atoms with Gasteiger partial charge in [-0.15, -0.1) is 0 Å². The first-order valence-electron chi connectivity index (χ1n) is 17.8. The molecule has 3 rings (SSSR count). The van der Waals surface area contributed by atoms with Gasteiger partial charge < -0.3 is 16.4 Å². The predicted octanol–water partition coefficient (Wildman–Crippen LogP) is 4.56. The lowest BCUT2D eigenvalue weighted by atomic mass is 9.99. The smallest absolute Gasteiger partial charge is 0.269 e. The Morgan fingerprint density at radius 3 is 1.23 bits per heavy atom. The first-order valence-corrected chi connectivity index (χ1v) is 17.8. The number of carbonyl (C=O) groups is 4. The first kappa shape index (κ1) is 48.2. The van der Waals surface area contributed by atoms with Crippen LogP contribution in [-0.4, -0.2) is 88.2 Å². The van der Waals surface area contributed by atoms with E-state index in [-0.39, 0.29) is 52.4 Å². The highest BCUT2D eigenvalue weighted by molar-refractivity contribution is 5.90. The van der Waals surface area contributed by atoms with E-state index in [1.54, 1.807) is 43.4 Å². The monoisotopic (exact) mass is 779 g/mol. The SMILES string of the molecule is CC(=O)C(Cc1ccc([N+](=O)[O-])cc1)NC(=O)[C@H](CC(C)C)N(C)C.CC(=O)C(N)Cc1ccc([N+](=O)[O-])cc1.CNC(Cc1ccc([N+](=O)[O-])cc1)C(C)=O. The molecule has 0 fully saturated rings. The first-order chi connectivity index (χ1) is 26.2. The lowest BCUT2D eigenvalue weighted by Crippen LogP contribution is -2.50. The van der Waals surface area contributed by atoms with Gasteiger partial charge in [-0.2, -0.15) is 0 Å². The lowest BCUT2D eigenvalue weighted by Gasteiger charge is -2.27. The maximum Gasteiger partial charge on any atom is 0.269 e. The number of benzene rings is 3. The van der Waals surface area contributed by atoms with Crippen LogP contribution in [0.1, 0.15) is 57.7 Å². The number of carbonyl (C=O) groups excluding carboxylic acids is 4. The molecule has 0 aliphatic carbocycles. The third-order valence-electron chi connectivity index (χ3n) is 8.57. The maximum absolute atomic E-state index is 12.6. The van der Waals surface area contributed by atoms with Gasteiger partial charge in [-0.1, -0.05) is 50.2 Å². The molecule has 1 amide bonds. The number of ketones is 3. The average molecular weight is 780 g/mol. The van der Waals surface area contributed by atoms with Gasteiger partial charge in [0, 0.05) is 36.4 Å². The van der Waals surface area contributed by atoms with E-state index < -0.39 is 26.9 Å². The van der Waals surface area contributed by atoms with Crippen LogP contribution in [0.2, 0.25) is 0 Å². The van der Waals surface area contributed by atoms with Crippen LogP contribution in [0.25, 0.3) is 0 Å². The summed E-state index contributed by atoms with van der Waals surface area (Å²) in [5.41, 5.74) is 8.15. The molecule has 0 aliphatic rings. The van der Waals surface area contributed by atoms with Gasteiger partial charge in [-0.25, -0.2) is 0 Å². The zero-order valence-electron chi connectivity index (χ0n) is 33.1. The van der Waals surface area contributed by atoms with Gasteiger partial charge in [0.15, 0.2) is 5.78 Å². The molecule has 304 valence electrons. The molecule has 17 heteroatoms. The summed E-state index contributed by atoms with van der Waals surface area (Å²) >= 11 is 0. The van der Waals surface area contributed by atoms with E-state index in [0.717, 1.165) is 16.7 Å². The van der Waals surface area contributed by atoms with Crippen molar-refractivity contribution < 1.29 is 33.9 Å². The van der Waals surface area contributed by atoms with Crippen molar-refractivity contribution in [2.24, 2.45) is 11.7 Å². The van der Waals surface area contributed by atoms with Crippen molar-refractivity contribution in [3.63, 3.8) is 0 Å². The van der Waals surface area contributed by atoms with Crippen molar-refractivity contribution in [2.75, 3.05) is 21.1 Å². The van der Waals surface area contributed by atoms with E-state index in [0.29, 0.717) is 31.6 Å². The van der Waals surface area contributed by atoms with Crippen LogP contribution < -0.4 is 16.4 Å². The van der Waals surface area contributed by atoms with Crippen LogP contribution in [-0.2, 0) is 38.4 Å². The van der Waals surface area contributed by atoms with Gasteiger partial charge in [0.25, 0.3) is 17.1 Å². The Balaban J connectivity index is 0.000000440. The van der Waals surface area contributed by atoms with Crippen LogP contribution in [0.3, 0.4) is 0 Å². The summed E-state index contributed by atoms with van der Waals surface area (Å²) in [7, 11) is 5.40. The number of nitro benzene ring substituents is 3. The molecule has 0 saturated carbocycles. The van der Waals surface area contributed by atoms with Crippen molar-refractivity contribution >= 4 is 40.3 Å². The molecule has 0 saturated heterocycles. The zero-order valence-corrected chi connectivity index (χ0v) is 33.1. The molecule has 3 unspecified atom stereocenters. The number of nitro groups is 3. The summed E-state index contributed by atoms with van der Waals surface area (Å²) in [6.07, 6.45) is 1.96. The Morgan fingerprint density at radius 2 is 0.964 bits per heavy atom. The zero-order chi connectivity index (χ0) is 42.7. The normalized spacial score (nSPS) is 12.8. The van der Waals surface area contributed by atoms with Gasteiger partial charge in [-0.05, 0) is 90.2 Å². The number of likely N-dealkylation sites (N-methyl/N-ethyl adjacent to an activating group) is 2. The molecule has 56 heavy (non-hydrogen) atoms. The third-order valence-corrected chi connectivity index (χ3v) is 8.57. The van der Waals surface area contributed by atoms with Crippen molar-refractivity contribution in [1.82, 2.24) is 15.5 Å². The van der Waals surface area contributed by atoms with Crippen molar-refractivity contribution in [3.05, 3.63) is 120 Å². The quantitative estimate of drug-likeness (QED) is 0.118. The summed E-state index contributed by atoms with van der Waals surface area (Å²) in [6.45, 7) is 8.47. The Kier molecular flexibility index (Phi) is 20.6. The Labute approximate surface area is 326 Å². The fourth-order valence-electron chi connectivity index (χ4n) is 5.14. The van der Waals surface area contributed by atoms with Crippen molar-refractivity contribution in [3.8, 4) is 0 Å². The van der Waals surface area contributed by atoms with E-state index in [9.17, 15) is 49.5 Å². The second-order valence-corrected chi connectivity index (χ2v) is 13.8. The molecule has 3 aromatic carbocycles. The number of non-ortho nitro benzene ring substituents is 3. The molecule has 0 aromatic heterocycles. The highest BCUT2D eigenvalue weighted by atomic mass is 16.6. The van der Waals surface area contributed by atoms with Gasteiger partial charge in [-0.3, -0.25) is 54.4 Å². The maximum atomic E-state index is 12.6. The molecule has 0 heterocycles. The second kappa shape index (κ2) is 23.9. The third kappa shape index (κ3) is 17.6. The second-order valence-electron chi connectivity index (χ2n) is 13.8. The van der Waals surface area contributed by atoms with Crippen LogP contribution >= 0.6 is 0 Å². The van der Waals surface area contributed by atoms with Crippen LogP contribution in [0.5, 0.6) is 0 Å². The minimum atomic E-state index is -0.649. The Morgan fingerprint density at radius 1 is 0.625 bits per heavy atom. The highest BCUT2D eigenvalue weighted by Gasteiger charge is 2.26. The molecular weight excluding hydrogens is 726 g/mol. The number of hydrogen-bond donors (Lipinski definition) is 3. The number of hydrogen-bond acceptors (Lipinski definition) is 13. The molecule has 0 radical (unpaired) electrons. The summed E-state index contributed by atoms with van der Waals surface area (Å²) in [4.78, 5) is 78.6. The highest BCUT2D eigenvalue weighted by Crippen LogP contribution is 2.16. The standard InChI is InChI=1S/C18H27N3O4.C11H14N2O3.C10H12N2O3/c1-12(2)10-17(20(4)5)18(23)19-16(13(3)22)11-14-6-8-15(9-7-14)21(24)25;1-8(14)11(12-2)7-9-3-5-10(6-4-9)13(15)16;1-7(13)10(11)6-8-2-4-9(5-3-8)12(14)15/h6-9,12,16-17H,10-11H2,1-5H3,(H,19,23);3-6,11-12H,7H2,1-2H3;2-5,10H,6,11H2,1H3/t16?,17-;;/m0../s1. The number of nitrogens with two attached hydrogens (primary N) is 1. The molecule has 4 N–H and O–H groups in total. The van der Waals surface area contributed by atoms with Crippen molar-refractivity contribution in [1.29, 1.82) is 0 Å². The number of Topliss-reactive ketones (excluding diaryl/α,β-unsaturated/α-hetero) is 3. The molecule has 0 spiro atoms. The summed E-state index contributed by atoms with van der Waals surface area (Å²) in [5.74, 6) is -0.00706.